The predicted octanol–water partition coefficient (Wildman–Crippen LogP) is 6.21. The van der Waals surface area contributed by atoms with E-state index in [0.29, 0.717) is 34.1 Å². The molecular weight excluding hydrogens is 666 g/mol. The van der Waals surface area contributed by atoms with Gasteiger partial charge in [-0.15, -0.1) is 0 Å². The molecule has 4 amide bonds. The first kappa shape index (κ1) is 32.9. The normalized spacial score (nSPS) is 26.8. The van der Waals surface area contributed by atoms with Gasteiger partial charge in [0.1, 0.15) is 12.4 Å². The standard InChI is InChI=1S/C41H36ClN3O6/c1-24-7-13-28(14-8-24)43-45-38(48)34-23-33-31(19-20-32-35(33)39(49)44(37(32)47)29-15-11-27(42)12-16-29)36(25-9-17-30(18-10-25)51-22-21-46)41(34,40(45)50)26-5-3-2-4-6-26/h2-19,32-36,43,46H,20-23H2,1H3/t32-,33+,34-,35-,36-,41+/m0/s1. The molecule has 0 unspecified atom stereocenters. The molecule has 8 rings (SSSR count). The van der Waals surface area contributed by atoms with Gasteiger partial charge in [0.2, 0.25) is 11.8 Å². The minimum Gasteiger partial charge on any atom is -0.491 e. The Bertz CT molecular complexity index is 2050. The average Bonchev–Trinajstić information content (AvgIpc) is 3.53. The monoisotopic (exact) mass is 701 g/mol. The molecule has 10 heteroatoms. The Kier molecular flexibility index (Phi) is 8.27. The fourth-order valence-corrected chi connectivity index (χ4v) is 9.01. The van der Waals surface area contributed by atoms with Gasteiger partial charge in [-0.25, -0.2) is 0 Å². The van der Waals surface area contributed by atoms with Crippen LogP contribution in [-0.2, 0) is 24.6 Å². The maximum absolute atomic E-state index is 15.2. The van der Waals surface area contributed by atoms with Crippen LogP contribution in [-0.4, -0.2) is 47.0 Å². The van der Waals surface area contributed by atoms with E-state index in [1.807, 2.05) is 79.7 Å². The minimum atomic E-state index is -1.36. The molecule has 4 aromatic carbocycles. The number of halogens is 1. The highest BCUT2D eigenvalue weighted by atomic mass is 35.5. The van der Waals surface area contributed by atoms with Gasteiger partial charge in [0.05, 0.1) is 41.2 Å². The van der Waals surface area contributed by atoms with Crippen molar-refractivity contribution in [3.05, 3.63) is 136 Å². The van der Waals surface area contributed by atoms with Crippen molar-refractivity contribution in [2.75, 3.05) is 23.5 Å². The summed E-state index contributed by atoms with van der Waals surface area (Å²) in [6, 6.07) is 30.9. The number of amides is 4. The number of ether oxygens (including phenoxy) is 1. The van der Waals surface area contributed by atoms with Gasteiger partial charge in [0.25, 0.3) is 11.8 Å². The Hall–Kier alpha value is -5.25. The lowest BCUT2D eigenvalue weighted by atomic mass is 9.49. The number of hydrogen-bond donors (Lipinski definition) is 2. The van der Waals surface area contributed by atoms with Crippen molar-refractivity contribution in [3.63, 3.8) is 0 Å². The summed E-state index contributed by atoms with van der Waals surface area (Å²) < 4.78 is 5.67. The second-order valence-electron chi connectivity index (χ2n) is 13.7. The van der Waals surface area contributed by atoms with E-state index in [2.05, 4.69) is 5.43 Å². The van der Waals surface area contributed by atoms with Crippen LogP contribution in [0.2, 0.25) is 5.02 Å². The number of carbonyl (C=O) groups excluding carboxylic acids is 4. The zero-order chi connectivity index (χ0) is 35.4. The summed E-state index contributed by atoms with van der Waals surface area (Å²) in [5.41, 5.74) is 6.20. The highest BCUT2D eigenvalue weighted by Crippen LogP contribution is 2.64. The summed E-state index contributed by atoms with van der Waals surface area (Å²) >= 11 is 6.14. The Balaban J connectivity index is 1.29. The van der Waals surface area contributed by atoms with Crippen molar-refractivity contribution >= 4 is 46.6 Å². The molecule has 6 atom stereocenters. The van der Waals surface area contributed by atoms with Crippen molar-refractivity contribution in [3.8, 4) is 5.75 Å². The van der Waals surface area contributed by atoms with Gasteiger partial charge in [-0.2, -0.15) is 5.01 Å². The van der Waals surface area contributed by atoms with E-state index >= 15 is 4.79 Å². The highest BCUT2D eigenvalue weighted by Gasteiger charge is 2.70. The number of nitrogens with zero attached hydrogens (tertiary/aromatic N) is 2. The summed E-state index contributed by atoms with van der Waals surface area (Å²) in [7, 11) is 0. The number of nitrogens with one attached hydrogen (secondary N) is 1. The summed E-state index contributed by atoms with van der Waals surface area (Å²) in [4.78, 5) is 59.7. The average molecular weight is 702 g/mol. The van der Waals surface area contributed by atoms with E-state index in [0.717, 1.165) is 21.7 Å². The van der Waals surface area contributed by atoms with Crippen LogP contribution in [0.5, 0.6) is 5.75 Å². The Morgan fingerprint density at radius 2 is 1.55 bits per heavy atom. The van der Waals surface area contributed by atoms with E-state index in [1.165, 1.54) is 4.90 Å². The molecule has 4 aliphatic rings. The van der Waals surface area contributed by atoms with Gasteiger partial charge < -0.3 is 9.84 Å². The van der Waals surface area contributed by atoms with Gasteiger partial charge in [-0.1, -0.05) is 83.4 Å². The number of aliphatic hydroxyl groups excluding tert-OH is 1. The van der Waals surface area contributed by atoms with E-state index < -0.39 is 35.0 Å². The second-order valence-corrected chi connectivity index (χ2v) is 14.2. The van der Waals surface area contributed by atoms with Crippen molar-refractivity contribution < 1.29 is 29.0 Å². The molecule has 2 aliphatic heterocycles. The lowest BCUT2D eigenvalue weighted by Gasteiger charge is -2.50. The highest BCUT2D eigenvalue weighted by molar-refractivity contribution is 6.31. The van der Waals surface area contributed by atoms with Gasteiger partial charge in [-0.05, 0) is 85.3 Å². The van der Waals surface area contributed by atoms with Crippen LogP contribution in [0.25, 0.3) is 0 Å². The molecule has 2 N–H and O–H groups in total. The second kappa shape index (κ2) is 12.8. The van der Waals surface area contributed by atoms with Crippen LogP contribution in [0.1, 0.15) is 35.4 Å². The number of aliphatic hydroxyl groups is 1. The molecule has 4 aromatic rings. The van der Waals surface area contributed by atoms with Crippen LogP contribution in [0.3, 0.4) is 0 Å². The maximum Gasteiger partial charge on any atom is 0.260 e. The quantitative estimate of drug-likeness (QED) is 0.166. The molecule has 2 aliphatic carbocycles. The third-order valence-electron chi connectivity index (χ3n) is 11.1. The zero-order valence-corrected chi connectivity index (χ0v) is 28.6. The summed E-state index contributed by atoms with van der Waals surface area (Å²) in [5, 5.41) is 11.0. The summed E-state index contributed by atoms with van der Waals surface area (Å²) in [5.74, 6) is -4.10. The van der Waals surface area contributed by atoms with Crippen molar-refractivity contribution in [2.45, 2.75) is 31.1 Å². The van der Waals surface area contributed by atoms with E-state index in [1.54, 1.807) is 36.4 Å². The molecule has 2 saturated heterocycles. The first-order valence-electron chi connectivity index (χ1n) is 17.2. The molecular formula is C41H36ClN3O6. The first-order valence-corrected chi connectivity index (χ1v) is 17.6. The lowest BCUT2D eigenvalue weighted by Crippen LogP contribution is -2.53. The molecule has 258 valence electrons. The van der Waals surface area contributed by atoms with Crippen LogP contribution < -0.4 is 15.1 Å². The third kappa shape index (κ3) is 5.17. The number of fused-ring (bicyclic) bond motifs is 4. The molecule has 2 heterocycles. The maximum atomic E-state index is 15.2. The molecule has 51 heavy (non-hydrogen) atoms. The Morgan fingerprint density at radius 3 is 2.24 bits per heavy atom. The molecule has 0 spiro atoms. The van der Waals surface area contributed by atoms with Crippen LogP contribution >= 0.6 is 11.6 Å². The van der Waals surface area contributed by atoms with E-state index in [-0.39, 0.29) is 43.3 Å². The van der Waals surface area contributed by atoms with E-state index in [4.69, 9.17) is 16.3 Å². The van der Waals surface area contributed by atoms with Crippen LogP contribution in [0.4, 0.5) is 11.4 Å². The SMILES string of the molecule is Cc1ccc(NN2C(=O)[C@@H]3C[C@@H]4C(=CC[C@@H]5C(=O)N(c6ccc(Cl)cc6)C(=O)[C@@H]54)[C@H](c4ccc(OCCO)cc4)[C@]3(c3ccccc3)C2=O)cc1. The number of imide groups is 2. The van der Waals surface area contributed by atoms with E-state index in [9.17, 15) is 19.5 Å². The number of carbonyl (C=O) groups is 4. The predicted molar refractivity (Wildman–Crippen MR) is 192 cm³/mol. The third-order valence-corrected chi connectivity index (χ3v) is 11.3. The topological polar surface area (TPSA) is 116 Å². The lowest BCUT2D eigenvalue weighted by molar-refractivity contribution is -0.138. The number of benzene rings is 4. The fourth-order valence-electron chi connectivity index (χ4n) is 8.89. The summed E-state index contributed by atoms with van der Waals surface area (Å²) in [6.45, 7) is 1.95. The molecule has 3 fully saturated rings. The number of hydrogen-bond acceptors (Lipinski definition) is 7. The van der Waals surface area contributed by atoms with Crippen molar-refractivity contribution in [1.82, 2.24) is 5.01 Å². The van der Waals surface area contributed by atoms with Gasteiger partial charge >= 0.3 is 0 Å². The van der Waals surface area contributed by atoms with Gasteiger partial charge in [0.15, 0.2) is 0 Å². The van der Waals surface area contributed by atoms with Gasteiger partial charge in [0, 0.05) is 10.9 Å². The number of anilines is 2. The van der Waals surface area contributed by atoms with Crippen molar-refractivity contribution in [2.24, 2.45) is 23.7 Å². The smallest absolute Gasteiger partial charge is 0.260 e. The molecule has 1 saturated carbocycles. The van der Waals surface area contributed by atoms with Crippen molar-refractivity contribution in [1.29, 1.82) is 0 Å². The molecule has 9 nitrogen and oxygen atoms in total. The Morgan fingerprint density at radius 1 is 0.843 bits per heavy atom. The summed E-state index contributed by atoms with van der Waals surface area (Å²) in [6.07, 6.45) is 2.57. The number of hydrazine groups is 1. The minimum absolute atomic E-state index is 0.127. The first-order chi connectivity index (χ1) is 24.7. The Labute approximate surface area is 300 Å². The van der Waals surface area contributed by atoms with Gasteiger partial charge in [-0.3, -0.25) is 29.5 Å². The number of aryl methyl sites for hydroxylation is 1. The molecule has 0 bridgehead atoms. The van der Waals surface area contributed by atoms with Crippen LogP contribution in [0.15, 0.2) is 115 Å². The molecule has 0 radical (unpaired) electrons. The van der Waals surface area contributed by atoms with Crippen LogP contribution in [0, 0.1) is 30.6 Å². The molecule has 0 aromatic heterocycles. The largest absolute Gasteiger partial charge is 0.491 e. The number of allylic oxidation sites excluding steroid dienone is 2. The fraction of sp³-hybridized carbons (Fsp3) is 0.268. The number of rotatable bonds is 8. The zero-order valence-electron chi connectivity index (χ0n) is 27.9.